The molecule has 6 rings (SSSR count). The van der Waals surface area contributed by atoms with Crippen LogP contribution in [0, 0.1) is 0 Å². The fourth-order valence-corrected chi connectivity index (χ4v) is 4.35. The smallest absolute Gasteiger partial charge is 0.287 e. The van der Waals surface area contributed by atoms with Gasteiger partial charge in [-0.2, -0.15) is 14.9 Å². The molecule has 7 heteroatoms. The average molecular weight is 444 g/mol. The lowest BCUT2D eigenvalue weighted by atomic mass is 10.1. The minimum Gasteiger partial charge on any atom is -0.287 e. The molecule has 5 aromatic rings. The summed E-state index contributed by atoms with van der Waals surface area (Å²) in [6.45, 7) is 0. The first-order valence-electron chi connectivity index (χ1n) is 10.7. The van der Waals surface area contributed by atoms with E-state index in [2.05, 4.69) is 15.6 Å². The van der Waals surface area contributed by atoms with Gasteiger partial charge in [0.05, 0.1) is 11.1 Å². The molecule has 0 fully saturated rings. The second kappa shape index (κ2) is 7.60. The molecule has 4 aromatic carbocycles. The average Bonchev–Trinajstić information content (AvgIpc) is 3.16. The number of nitrogens with one attached hydrogen (secondary N) is 1. The number of hydrogen-bond acceptors (Lipinski definition) is 5. The summed E-state index contributed by atoms with van der Waals surface area (Å²) >= 11 is 0. The summed E-state index contributed by atoms with van der Waals surface area (Å²) < 4.78 is 1.20. The second-order valence-electron chi connectivity index (χ2n) is 7.89. The van der Waals surface area contributed by atoms with Crippen molar-refractivity contribution in [2.24, 2.45) is 5.10 Å². The fraction of sp³-hybridized carbons (Fsp3) is 0. The van der Waals surface area contributed by atoms with Crippen molar-refractivity contribution in [2.75, 3.05) is 0 Å². The molecule has 0 spiro atoms. The van der Waals surface area contributed by atoms with Crippen LogP contribution in [0.4, 0.5) is 0 Å². The molecule has 1 aliphatic rings. The van der Waals surface area contributed by atoms with Gasteiger partial charge in [-0.15, -0.1) is 0 Å². The molecule has 0 saturated carbocycles. The lowest BCUT2D eigenvalue weighted by Crippen LogP contribution is -2.29. The Labute approximate surface area is 193 Å². The summed E-state index contributed by atoms with van der Waals surface area (Å²) in [5.74, 6) is -0.872. The Morgan fingerprint density at radius 2 is 1.44 bits per heavy atom. The van der Waals surface area contributed by atoms with E-state index in [0.29, 0.717) is 27.6 Å². The zero-order chi connectivity index (χ0) is 23.2. The van der Waals surface area contributed by atoms with Gasteiger partial charge in [-0.1, -0.05) is 72.8 Å². The summed E-state index contributed by atoms with van der Waals surface area (Å²) in [4.78, 5) is 39.2. The maximum atomic E-state index is 13.2. The van der Waals surface area contributed by atoms with Gasteiger partial charge >= 0.3 is 0 Å². The molecule has 1 aromatic heterocycles. The van der Waals surface area contributed by atoms with E-state index in [9.17, 15) is 14.4 Å². The first-order valence-corrected chi connectivity index (χ1v) is 10.7. The van der Waals surface area contributed by atoms with E-state index in [-0.39, 0.29) is 22.7 Å². The molecule has 7 nitrogen and oxygen atoms in total. The number of aromatic nitrogens is 2. The second-order valence-corrected chi connectivity index (χ2v) is 7.89. The van der Waals surface area contributed by atoms with E-state index in [1.165, 1.54) is 4.68 Å². The number of carbonyl (C=O) groups excluding carboxylic acids is 2. The van der Waals surface area contributed by atoms with E-state index in [1.54, 1.807) is 54.6 Å². The van der Waals surface area contributed by atoms with E-state index in [0.717, 1.165) is 10.8 Å². The molecule has 0 atom stereocenters. The van der Waals surface area contributed by atoms with Crippen LogP contribution < -0.4 is 11.0 Å². The first-order chi connectivity index (χ1) is 16.6. The Kier molecular flexibility index (Phi) is 4.41. The molecule has 0 unspecified atom stereocenters. The van der Waals surface area contributed by atoms with Crippen LogP contribution in [-0.2, 0) is 0 Å². The maximum absolute atomic E-state index is 13.2. The third-order valence-electron chi connectivity index (χ3n) is 5.91. The first kappa shape index (κ1) is 19.8. The van der Waals surface area contributed by atoms with Gasteiger partial charge in [0.25, 0.3) is 11.5 Å². The van der Waals surface area contributed by atoms with E-state index in [4.69, 9.17) is 0 Å². The molecule has 162 valence electrons. The SMILES string of the molecule is O=C(NN=C1C(=O)c2cccc3cccc1c23)c1nn(-c2ccccc2)c(=O)c2ccccc12. The third kappa shape index (κ3) is 2.95. The van der Waals surface area contributed by atoms with Crippen LogP contribution in [-0.4, -0.2) is 27.2 Å². The summed E-state index contributed by atoms with van der Waals surface area (Å²) in [5, 5.41) is 11.1. The molecular formula is C27H16N4O3. The number of hydrazone groups is 1. The zero-order valence-electron chi connectivity index (χ0n) is 17.7. The minimum atomic E-state index is -0.621. The van der Waals surface area contributed by atoms with Crippen molar-refractivity contribution >= 4 is 38.9 Å². The number of ketones is 1. The summed E-state index contributed by atoms with van der Waals surface area (Å²) in [5.41, 5.74) is 4.12. The fourth-order valence-electron chi connectivity index (χ4n) is 4.35. The monoisotopic (exact) mass is 444 g/mol. The van der Waals surface area contributed by atoms with Crippen molar-refractivity contribution in [1.82, 2.24) is 15.2 Å². The Balaban J connectivity index is 1.45. The van der Waals surface area contributed by atoms with Crippen LogP contribution in [0.3, 0.4) is 0 Å². The molecule has 34 heavy (non-hydrogen) atoms. The predicted octanol–water partition coefficient (Wildman–Crippen LogP) is 3.87. The summed E-state index contributed by atoms with van der Waals surface area (Å²) in [7, 11) is 0. The number of Topliss-reactive ketones (excluding diaryl/α,β-unsaturated/α-hetero) is 1. The van der Waals surface area contributed by atoms with Crippen molar-refractivity contribution in [2.45, 2.75) is 0 Å². The lowest BCUT2D eigenvalue weighted by molar-refractivity contribution is 0.0950. The van der Waals surface area contributed by atoms with Gasteiger partial charge in [-0.05, 0) is 23.6 Å². The van der Waals surface area contributed by atoms with E-state index in [1.807, 2.05) is 36.4 Å². The molecule has 0 aliphatic heterocycles. The molecule has 0 bridgehead atoms. The standard InChI is InChI=1S/C27H16N4O3/c32-25-21-15-7-9-16-8-6-14-20(22(16)21)23(25)28-29-26(33)24-18-12-4-5-13-19(18)27(34)31(30-24)17-10-2-1-3-11-17/h1-15H,(H,29,33). The van der Waals surface area contributed by atoms with Crippen molar-refractivity contribution in [3.05, 3.63) is 118 Å². The Morgan fingerprint density at radius 3 is 2.21 bits per heavy atom. The van der Waals surface area contributed by atoms with Crippen molar-refractivity contribution in [3.8, 4) is 5.69 Å². The van der Waals surface area contributed by atoms with Gasteiger partial charge in [0, 0.05) is 21.9 Å². The maximum Gasteiger partial charge on any atom is 0.292 e. The summed E-state index contributed by atoms with van der Waals surface area (Å²) in [6, 6.07) is 26.8. The summed E-state index contributed by atoms with van der Waals surface area (Å²) in [6.07, 6.45) is 0. The number of hydrogen-bond donors (Lipinski definition) is 1. The van der Waals surface area contributed by atoms with Gasteiger partial charge < -0.3 is 0 Å². The van der Waals surface area contributed by atoms with Crippen LogP contribution in [0.5, 0.6) is 0 Å². The van der Waals surface area contributed by atoms with Gasteiger partial charge in [0.15, 0.2) is 5.69 Å². The van der Waals surface area contributed by atoms with Gasteiger partial charge in [-0.3, -0.25) is 14.4 Å². The zero-order valence-corrected chi connectivity index (χ0v) is 17.7. The molecule has 1 amide bonds. The van der Waals surface area contributed by atoms with Crippen molar-refractivity contribution in [1.29, 1.82) is 0 Å². The van der Waals surface area contributed by atoms with E-state index >= 15 is 0 Å². The number of para-hydroxylation sites is 1. The van der Waals surface area contributed by atoms with Crippen LogP contribution >= 0.6 is 0 Å². The number of carbonyl (C=O) groups is 2. The number of amides is 1. The Hall–Kier alpha value is -4.91. The minimum absolute atomic E-state index is 0.0320. The van der Waals surface area contributed by atoms with Crippen LogP contribution in [0.2, 0.25) is 0 Å². The largest absolute Gasteiger partial charge is 0.292 e. The predicted molar refractivity (Wildman–Crippen MR) is 130 cm³/mol. The number of rotatable bonds is 3. The molecule has 0 saturated heterocycles. The Bertz CT molecular complexity index is 1730. The van der Waals surface area contributed by atoms with Gasteiger partial charge in [0.2, 0.25) is 5.78 Å². The van der Waals surface area contributed by atoms with Gasteiger partial charge in [-0.25, -0.2) is 5.43 Å². The number of nitrogens with zero attached hydrogens (tertiary/aromatic N) is 3. The lowest BCUT2D eigenvalue weighted by Gasteiger charge is -2.10. The highest BCUT2D eigenvalue weighted by Gasteiger charge is 2.29. The van der Waals surface area contributed by atoms with Crippen LogP contribution in [0.1, 0.15) is 26.4 Å². The van der Waals surface area contributed by atoms with Gasteiger partial charge in [0.1, 0.15) is 5.71 Å². The molecular weight excluding hydrogens is 428 g/mol. The molecule has 1 heterocycles. The van der Waals surface area contributed by atoms with E-state index < -0.39 is 5.91 Å². The molecule has 1 aliphatic carbocycles. The highest BCUT2D eigenvalue weighted by Crippen LogP contribution is 2.30. The highest BCUT2D eigenvalue weighted by molar-refractivity contribution is 6.59. The van der Waals surface area contributed by atoms with Crippen molar-refractivity contribution in [3.63, 3.8) is 0 Å². The van der Waals surface area contributed by atoms with Crippen LogP contribution in [0.15, 0.2) is 101 Å². The normalized spacial score (nSPS) is 13.6. The number of fused-ring (bicyclic) bond motifs is 1. The Morgan fingerprint density at radius 1 is 0.765 bits per heavy atom. The molecule has 0 radical (unpaired) electrons. The quantitative estimate of drug-likeness (QED) is 0.428. The van der Waals surface area contributed by atoms with Crippen LogP contribution in [0.25, 0.3) is 27.2 Å². The number of benzene rings is 4. The van der Waals surface area contributed by atoms with Crippen molar-refractivity contribution < 1.29 is 9.59 Å². The highest BCUT2D eigenvalue weighted by atomic mass is 16.2. The topological polar surface area (TPSA) is 93.4 Å². The third-order valence-corrected chi connectivity index (χ3v) is 5.91. The molecule has 1 N–H and O–H groups in total.